The molecule has 1 aromatic carbocycles. The third kappa shape index (κ3) is 3.51. The highest BCUT2D eigenvalue weighted by atomic mass is 35.5. The summed E-state index contributed by atoms with van der Waals surface area (Å²) in [6.07, 6.45) is 0. The Labute approximate surface area is 129 Å². The third-order valence-corrected chi connectivity index (χ3v) is 3.45. The van der Waals surface area contributed by atoms with E-state index < -0.39 is 5.91 Å². The molecule has 0 bridgehead atoms. The fourth-order valence-corrected chi connectivity index (χ4v) is 2.10. The maximum atomic E-state index is 11.9. The largest absolute Gasteiger partial charge is 0.319 e. The molecule has 1 N–H and O–H groups in total. The van der Waals surface area contributed by atoms with Crippen LogP contribution in [0.3, 0.4) is 0 Å². The van der Waals surface area contributed by atoms with Crippen LogP contribution in [0.1, 0.15) is 10.5 Å². The molecule has 2 rings (SSSR count). The SMILES string of the molecule is O=C(Nc1cc(Cl)c(Cl)cc1Cl)c1cccc(Cl)n1. The Balaban J connectivity index is 2.27. The van der Waals surface area contributed by atoms with E-state index in [0.717, 1.165) is 0 Å². The molecule has 19 heavy (non-hydrogen) atoms. The van der Waals surface area contributed by atoms with Crippen LogP contribution >= 0.6 is 46.4 Å². The highest BCUT2D eigenvalue weighted by Gasteiger charge is 2.12. The number of rotatable bonds is 2. The predicted molar refractivity (Wildman–Crippen MR) is 78.7 cm³/mol. The van der Waals surface area contributed by atoms with Crippen LogP contribution in [0.4, 0.5) is 5.69 Å². The van der Waals surface area contributed by atoms with Crippen molar-refractivity contribution in [3.05, 3.63) is 56.2 Å². The third-order valence-electron chi connectivity index (χ3n) is 2.21. The first-order valence-electron chi connectivity index (χ1n) is 5.06. The lowest BCUT2D eigenvalue weighted by Gasteiger charge is -2.08. The van der Waals surface area contributed by atoms with Crippen LogP contribution in [0.2, 0.25) is 20.2 Å². The molecule has 0 saturated carbocycles. The van der Waals surface area contributed by atoms with E-state index in [2.05, 4.69) is 10.3 Å². The lowest BCUT2D eigenvalue weighted by Crippen LogP contribution is -2.13. The summed E-state index contributed by atoms with van der Waals surface area (Å²) in [6.45, 7) is 0. The van der Waals surface area contributed by atoms with Crippen LogP contribution in [0.25, 0.3) is 0 Å². The molecule has 0 atom stereocenters. The molecule has 1 amide bonds. The second kappa shape index (κ2) is 5.97. The number of carbonyl (C=O) groups is 1. The van der Waals surface area contributed by atoms with Gasteiger partial charge in [-0.15, -0.1) is 0 Å². The van der Waals surface area contributed by atoms with Gasteiger partial charge in [-0.1, -0.05) is 52.5 Å². The summed E-state index contributed by atoms with van der Waals surface area (Å²) in [5.74, 6) is -0.442. The van der Waals surface area contributed by atoms with Crippen molar-refractivity contribution in [3.63, 3.8) is 0 Å². The summed E-state index contributed by atoms with van der Waals surface area (Å²) in [5, 5.41) is 3.70. The van der Waals surface area contributed by atoms with Crippen molar-refractivity contribution in [3.8, 4) is 0 Å². The van der Waals surface area contributed by atoms with Crippen molar-refractivity contribution in [2.24, 2.45) is 0 Å². The van der Waals surface area contributed by atoms with Gasteiger partial charge in [-0.3, -0.25) is 4.79 Å². The Morgan fingerprint density at radius 2 is 1.68 bits per heavy atom. The second-order valence-electron chi connectivity index (χ2n) is 3.55. The zero-order valence-corrected chi connectivity index (χ0v) is 12.3. The minimum absolute atomic E-state index is 0.176. The molecule has 1 heterocycles. The summed E-state index contributed by atoms with van der Waals surface area (Å²) < 4.78 is 0. The number of hydrogen-bond donors (Lipinski definition) is 1. The molecule has 2 aromatic rings. The van der Waals surface area contributed by atoms with Gasteiger partial charge in [0.25, 0.3) is 5.91 Å². The van der Waals surface area contributed by atoms with Gasteiger partial charge in [0.1, 0.15) is 10.8 Å². The van der Waals surface area contributed by atoms with E-state index in [0.29, 0.717) is 15.7 Å². The number of aromatic nitrogens is 1. The maximum absolute atomic E-state index is 11.9. The zero-order chi connectivity index (χ0) is 14.0. The van der Waals surface area contributed by atoms with Crippen LogP contribution in [0, 0.1) is 0 Å². The fraction of sp³-hybridized carbons (Fsp3) is 0. The van der Waals surface area contributed by atoms with E-state index in [1.54, 1.807) is 12.1 Å². The molecule has 0 saturated heterocycles. The molecular formula is C12H6Cl4N2O. The molecule has 7 heteroatoms. The Morgan fingerprint density at radius 1 is 1.00 bits per heavy atom. The highest BCUT2D eigenvalue weighted by molar-refractivity contribution is 6.44. The molecule has 0 aliphatic heterocycles. The predicted octanol–water partition coefficient (Wildman–Crippen LogP) is 4.95. The van der Waals surface area contributed by atoms with Crippen LogP contribution < -0.4 is 5.32 Å². The van der Waals surface area contributed by atoms with Crippen LogP contribution in [-0.2, 0) is 0 Å². The van der Waals surface area contributed by atoms with Crippen molar-refractivity contribution in [2.45, 2.75) is 0 Å². The molecular weight excluding hydrogens is 330 g/mol. The number of amides is 1. The van der Waals surface area contributed by atoms with Crippen molar-refractivity contribution in [2.75, 3.05) is 5.32 Å². The summed E-state index contributed by atoms with van der Waals surface area (Å²) in [6, 6.07) is 7.65. The van der Waals surface area contributed by atoms with Crippen molar-refractivity contribution in [1.29, 1.82) is 0 Å². The molecule has 0 aliphatic carbocycles. The van der Waals surface area contributed by atoms with Crippen molar-refractivity contribution < 1.29 is 4.79 Å². The minimum Gasteiger partial charge on any atom is -0.319 e. The molecule has 0 radical (unpaired) electrons. The average Bonchev–Trinajstić information content (AvgIpc) is 2.36. The van der Waals surface area contributed by atoms with Gasteiger partial charge < -0.3 is 5.32 Å². The first kappa shape index (κ1) is 14.4. The van der Waals surface area contributed by atoms with Crippen LogP contribution in [0.15, 0.2) is 30.3 Å². The Morgan fingerprint density at radius 3 is 2.37 bits per heavy atom. The molecule has 3 nitrogen and oxygen atoms in total. The first-order valence-corrected chi connectivity index (χ1v) is 6.57. The van der Waals surface area contributed by atoms with Gasteiger partial charge in [0.2, 0.25) is 0 Å². The molecule has 0 unspecified atom stereocenters. The van der Waals surface area contributed by atoms with Gasteiger partial charge in [0.05, 0.1) is 20.8 Å². The fourth-order valence-electron chi connectivity index (χ4n) is 1.34. The van der Waals surface area contributed by atoms with E-state index >= 15 is 0 Å². The zero-order valence-electron chi connectivity index (χ0n) is 9.25. The lowest BCUT2D eigenvalue weighted by molar-refractivity contribution is 0.102. The first-order chi connectivity index (χ1) is 8.97. The smallest absolute Gasteiger partial charge is 0.274 e. The van der Waals surface area contributed by atoms with Crippen molar-refractivity contribution >= 4 is 58.0 Å². The summed E-state index contributed by atoms with van der Waals surface area (Å²) in [5.41, 5.74) is 0.525. The Hall–Kier alpha value is -1.00. The second-order valence-corrected chi connectivity index (χ2v) is 5.15. The number of carbonyl (C=O) groups excluding carboxylic acids is 1. The van der Waals surface area contributed by atoms with Crippen molar-refractivity contribution in [1.82, 2.24) is 4.98 Å². The summed E-state index contributed by atoms with van der Waals surface area (Å²) in [4.78, 5) is 15.8. The summed E-state index contributed by atoms with van der Waals surface area (Å²) >= 11 is 23.3. The Kier molecular flexibility index (Phi) is 4.53. The molecule has 98 valence electrons. The summed E-state index contributed by atoms with van der Waals surface area (Å²) in [7, 11) is 0. The number of anilines is 1. The molecule has 0 fully saturated rings. The van der Waals surface area contributed by atoms with E-state index in [-0.39, 0.29) is 15.9 Å². The average molecular weight is 336 g/mol. The monoisotopic (exact) mass is 334 g/mol. The molecule has 0 spiro atoms. The number of nitrogens with zero attached hydrogens (tertiary/aromatic N) is 1. The quantitative estimate of drug-likeness (QED) is 0.623. The maximum Gasteiger partial charge on any atom is 0.274 e. The highest BCUT2D eigenvalue weighted by Crippen LogP contribution is 2.32. The minimum atomic E-state index is -0.442. The molecule has 1 aromatic heterocycles. The van der Waals surface area contributed by atoms with Gasteiger partial charge in [0.15, 0.2) is 0 Å². The van der Waals surface area contributed by atoms with Crippen LogP contribution in [-0.4, -0.2) is 10.9 Å². The molecule has 0 aliphatic rings. The number of pyridine rings is 1. The Bertz CT molecular complexity index is 646. The van der Waals surface area contributed by atoms with Gasteiger partial charge in [-0.05, 0) is 24.3 Å². The standard InChI is InChI=1S/C12H6Cl4N2O/c13-6-4-8(15)10(5-7(6)14)18-12(19)9-2-1-3-11(16)17-9/h1-5H,(H,18,19). The number of benzene rings is 1. The topological polar surface area (TPSA) is 42.0 Å². The number of nitrogens with one attached hydrogen (secondary N) is 1. The number of hydrogen-bond acceptors (Lipinski definition) is 2. The van der Waals surface area contributed by atoms with Gasteiger partial charge >= 0.3 is 0 Å². The van der Waals surface area contributed by atoms with Gasteiger partial charge in [-0.25, -0.2) is 4.98 Å². The van der Waals surface area contributed by atoms with E-state index in [9.17, 15) is 4.79 Å². The van der Waals surface area contributed by atoms with E-state index in [4.69, 9.17) is 46.4 Å². The van der Waals surface area contributed by atoms with E-state index in [1.165, 1.54) is 18.2 Å². The van der Waals surface area contributed by atoms with Gasteiger partial charge in [-0.2, -0.15) is 0 Å². The number of halogens is 4. The lowest BCUT2D eigenvalue weighted by atomic mass is 10.3. The van der Waals surface area contributed by atoms with Crippen LogP contribution in [0.5, 0.6) is 0 Å². The van der Waals surface area contributed by atoms with E-state index in [1.807, 2.05) is 0 Å². The van der Waals surface area contributed by atoms with Gasteiger partial charge in [0, 0.05) is 0 Å². The normalized spacial score (nSPS) is 10.3.